The first-order valence-corrected chi connectivity index (χ1v) is 14.9. The average molecular weight is 525 g/mol. The maximum atomic E-state index is 14.5. The number of amides is 1. The molecule has 0 bridgehead atoms. The van der Waals surface area contributed by atoms with Gasteiger partial charge in [0.2, 0.25) is 12.8 Å². The highest BCUT2D eigenvalue weighted by molar-refractivity contribution is 6.08. The maximum absolute atomic E-state index is 14.5. The highest BCUT2D eigenvalue weighted by atomic mass is 16.7. The quantitative estimate of drug-likeness (QED) is 0.451. The Bertz CT molecular complexity index is 1450. The highest BCUT2D eigenvalue weighted by Crippen LogP contribution is 2.47. The number of para-hydroxylation sites is 1. The number of aromatic amines is 1. The van der Waals surface area contributed by atoms with E-state index < -0.39 is 0 Å². The molecule has 7 nitrogen and oxygen atoms in total. The molecule has 8 rings (SSSR count). The summed E-state index contributed by atoms with van der Waals surface area (Å²) < 4.78 is 11.5. The molecule has 2 aromatic carbocycles. The van der Waals surface area contributed by atoms with Crippen molar-refractivity contribution in [2.75, 3.05) is 6.79 Å². The third-order valence-electron chi connectivity index (χ3n) is 9.63. The van der Waals surface area contributed by atoms with Gasteiger partial charge in [0.15, 0.2) is 11.5 Å². The minimum Gasteiger partial charge on any atom is -0.454 e. The molecule has 1 N–H and O–H groups in total. The Morgan fingerprint density at radius 3 is 2.49 bits per heavy atom. The molecule has 3 aromatic rings. The molecular formula is C32H36N4O3. The van der Waals surface area contributed by atoms with Crippen LogP contribution >= 0.6 is 0 Å². The first-order chi connectivity index (χ1) is 19.3. The van der Waals surface area contributed by atoms with Crippen molar-refractivity contribution < 1.29 is 14.3 Å². The van der Waals surface area contributed by atoms with E-state index >= 15 is 0 Å². The number of benzene rings is 2. The fourth-order valence-electron chi connectivity index (χ4n) is 7.72. The molecule has 5 aliphatic rings. The smallest absolute Gasteiger partial charge is 0.252 e. The Morgan fingerprint density at radius 2 is 1.64 bits per heavy atom. The van der Waals surface area contributed by atoms with Crippen molar-refractivity contribution in [2.24, 2.45) is 4.99 Å². The maximum Gasteiger partial charge on any atom is 0.252 e. The van der Waals surface area contributed by atoms with E-state index in [2.05, 4.69) is 51.2 Å². The van der Waals surface area contributed by atoms with Gasteiger partial charge in [-0.1, -0.05) is 62.8 Å². The number of aromatic nitrogens is 1. The number of nitrogens with one attached hydrogen (secondary N) is 1. The molecule has 1 aromatic heterocycles. The van der Waals surface area contributed by atoms with Crippen molar-refractivity contribution >= 4 is 22.8 Å². The van der Waals surface area contributed by atoms with Crippen LogP contribution in [0.3, 0.4) is 0 Å². The highest BCUT2D eigenvalue weighted by Gasteiger charge is 2.53. The topological polar surface area (TPSA) is 70.2 Å². The third kappa shape index (κ3) is 3.76. The van der Waals surface area contributed by atoms with Gasteiger partial charge < -0.3 is 19.4 Å². The lowest BCUT2D eigenvalue weighted by Crippen LogP contribution is -2.46. The molecule has 0 spiro atoms. The molecule has 0 radical (unpaired) electrons. The molecule has 0 unspecified atom stereocenters. The summed E-state index contributed by atoms with van der Waals surface area (Å²) in [4.78, 5) is 28.3. The van der Waals surface area contributed by atoms with Crippen molar-refractivity contribution in [2.45, 2.75) is 94.8 Å². The first-order valence-electron chi connectivity index (χ1n) is 14.9. The summed E-state index contributed by atoms with van der Waals surface area (Å²) >= 11 is 0. The van der Waals surface area contributed by atoms with Gasteiger partial charge in [0.1, 0.15) is 6.04 Å². The zero-order chi connectivity index (χ0) is 25.9. The van der Waals surface area contributed by atoms with E-state index in [4.69, 9.17) is 14.5 Å². The van der Waals surface area contributed by atoms with Crippen LogP contribution in [0.5, 0.6) is 11.5 Å². The number of guanidine groups is 1. The van der Waals surface area contributed by atoms with Gasteiger partial charge in [0, 0.05) is 29.1 Å². The molecule has 4 heterocycles. The summed E-state index contributed by atoms with van der Waals surface area (Å²) in [5.41, 5.74) is 4.65. The molecule has 2 aliphatic carbocycles. The Morgan fingerprint density at radius 1 is 0.872 bits per heavy atom. The number of fused-ring (bicyclic) bond motifs is 5. The number of hydrogen-bond donors (Lipinski definition) is 1. The molecule has 39 heavy (non-hydrogen) atoms. The third-order valence-corrected chi connectivity index (χ3v) is 9.63. The first kappa shape index (κ1) is 23.4. The predicted molar refractivity (Wildman–Crippen MR) is 150 cm³/mol. The number of carbonyl (C=O) groups excluding carboxylic acids is 1. The largest absolute Gasteiger partial charge is 0.454 e. The van der Waals surface area contributed by atoms with Crippen LogP contribution in [0.25, 0.3) is 10.9 Å². The van der Waals surface area contributed by atoms with E-state index in [1.54, 1.807) is 0 Å². The monoisotopic (exact) mass is 524 g/mol. The number of H-pyrrole nitrogens is 1. The normalized spacial score (nSPS) is 26.5. The lowest BCUT2D eigenvalue weighted by atomic mass is 9.88. The number of hydrogen-bond acceptors (Lipinski definition) is 4. The van der Waals surface area contributed by atoms with Crippen LogP contribution in [-0.4, -0.2) is 51.6 Å². The molecule has 2 atom stereocenters. The number of carbonyl (C=O) groups is 1. The van der Waals surface area contributed by atoms with Gasteiger partial charge in [-0.05, 0) is 55.0 Å². The zero-order valence-electron chi connectivity index (χ0n) is 22.4. The van der Waals surface area contributed by atoms with Crippen LogP contribution < -0.4 is 9.47 Å². The van der Waals surface area contributed by atoms with Crippen LogP contribution in [0, 0.1) is 0 Å². The standard InChI is InChI=1S/C32H36N4O3/c37-31-26-18-24-23-13-7-8-14-25(23)34-29(24)30(20-15-16-27-28(17-20)39-19-38-27)36(26)32(33-21-9-3-1-4-10-21)35(31)22-11-5-2-6-12-22/h7-8,13-17,21-22,26,30,34H,1-6,9-12,18-19H2/t26-,30-/m1/s1. The van der Waals surface area contributed by atoms with Crippen molar-refractivity contribution in [3.63, 3.8) is 0 Å². The Hall–Kier alpha value is -3.48. The Balaban J connectivity index is 1.32. The minimum absolute atomic E-state index is 0.152. The van der Waals surface area contributed by atoms with Crippen molar-refractivity contribution in [3.05, 3.63) is 59.3 Å². The predicted octanol–water partition coefficient (Wildman–Crippen LogP) is 6.08. The molecule has 7 heteroatoms. The van der Waals surface area contributed by atoms with Gasteiger partial charge in [-0.15, -0.1) is 0 Å². The lowest BCUT2D eigenvalue weighted by molar-refractivity contribution is -0.130. The zero-order valence-corrected chi connectivity index (χ0v) is 22.4. The number of aliphatic imine (C=N–C) groups is 1. The number of nitrogens with zero attached hydrogens (tertiary/aromatic N) is 3. The van der Waals surface area contributed by atoms with Gasteiger partial charge in [0.05, 0.1) is 12.1 Å². The van der Waals surface area contributed by atoms with E-state index in [1.165, 1.54) is 55.2 Å². The van der Waals surface area contributed by atoms with Gasteiger partial charge in [-0.2, -0.15) is 0 Å². The molecular weight excluding hydrogens is 488 g/mol. The van der Waals surface area contributed by atoms with Crippen LogP contribution in [0.1, 0.15) is 87.1 Å². The Labute approximate surface area is 229 Å². The fraction of sp³-hybridized carbons (Fsp3) is 0.500. The summed E-state index contributed by atoms with van der Waals surface area (Å²) in [5, 5.41) is 1.22. The van der Waals surface area contributed by atoms with Crippen molar-refractivity contribution in [3.8, 4) is 11.5 Å². The van der Waals surface area contributed by atoms with Crippen molar-refractivity contribution in [1.82, 2.24) is 14.8 Å². The summed E-state index contributed by atoms with van der Waals surface area (Å²) in [7, 11) is 0. The molecule has 2 saturated carbocycles. The van der Waals surface area contributed by atoms with E-state index in [-0.39, 0.29) is 36.9 Å². The van der Waals surface area contributed by atoms with E-state index in [0.717, 1.165) is 54.2 Å². The molecule has 1 amide bonds. The fourth-order valence-corrected chi connectivity index (χ4v) is 7.72. The van der Waals surface area contributed by atoms with Crippen molar-refractivity contribution in [1.29, 1.82) is 0 Å². The van der Waals surface area contributed by atoms with Crippen LogP contribution in [0.4, 0.5) is 0 Å². The second-order valence-corrected chi connectivity index (χ2v) is 11.9. The van der Waals surface area contributed by atoms with Crippen LogP contribution in [0.2, 0.25) is 0 Å². The number of rotatable bonds is 3. The molecule has 3 aliphatic heterocycles. The molecule has 3 fully saturated rings. The molecule has 1 saturated heterocycles. The minimum atomic E-state index is -0.253. The summed E-state index contributed by atoms with van der Waals surface area (Å²) in [6, 6.07) is 14.9. The van der Waals surface area contributed by atoms with Crippen LogP contribution in [0.15, 0.2) is 47.5 Å². The van der Waals surface area contributed by atoms with Gasteiger partial charge in [0.25, 0.3) is 5.91 Å². The number of ether oxygens (including phenoxy) is 2. The van der Waals surface area contributed by atoms with Gasteiger partial charge in [-0.3, -0.25) is 9.69 Å². The average Bonchev–Trinajstić information content (AvgIpc) is 3.67. The lowest BCUT2D eigenvalue weighted by Gasteiger charge is -2.39. The molecule has 202 valence electrons. The van der Waals surface area contributed by atoms with Gasteiger partial charge >= 0.3 is 0 Å². The van der Waals surface area contributed by atoms with Crippen LogP contribution in [-0.2, 0) is 11.2 Å². The second kappa shape index (κ2) is 9.32. The SMILES string of the molecule is O=C1[C@H]2Cc3c([nH]c4ccccc34)[C@@H](c3ccc4c(c3)OCO4)N2C(=NC2CCCCC2)N1C1CCCCC1. The van der Waals surface area contributed by atoms with E-state index in [0.29, 0.717) is 6.42 Å². The van der Waals surface area contributed by atoms with E-state index in [9.17, 15) is 4.79 Å². The second-order valence-electron chi connectivity index (χ2n) is 11.9. The summed E-state index contributed by atoms with van der Waals surface area (Å²) in [6.45, 7) is 0.246. The Kier molecular flexibility index (Phi) is 5.59. The summed E-state index contributed by atoms with van der Waals surface area (Å²) in [6.07, 6.45) is 12.4. The van der Waals surface area contributed by atoms with Gasteiger partial charge in [-0.25, -0.2) is 4.99 Å². The van der Waals surface area contributed by atoms with E-state index in [1.807, 2.05) is 6.07 Å². The summed E-state index contributed by atoms with van der Waals surface area (Å²) in [5.74, 6) is 2.70.